The monoisotopic (exact) mass is 383 g/mol. The lowest BCUT2D eigenvalue weighted by Crippen LogP contribution is -2.64. The molecular weight excluding hydrogens is 358 g/mol. The third kappa shape index (κ3) is 4.48. The molecule has 26 heavy (non-hydrogen) atoms. The summed E-state index contributed by atoms with van der Waals surface area (Å²) >= 11 is 0. The van der Waals surface area contributed by atoms with E-state index in [1.165, 1.54) is 6.92 Å². The maximum absolute atomic E-state index is 11.1. The van der Waals surface area contributed by atoms with Gasteiger partial charge in [0.1, 0.15) is 48.8 Å². The molecule has 2 saturated heterocycles. The summed E-state index contributed by atoms with van der Waals surface area (Å²) in [5, 5.41) is 70.6. The fraction of sp³-hybridized carbons (Fsp3) is 0.929. The molecule has 0 aromatic rings. The molecule has 1 amide bonds. The fourth-order valence-corrected chi connectivity index (χ4v) is 2.87. The number of amides is 1. The van der Waals surface area contributed by atoms with Gasteiger partial charge < -0.3 is 55.3 Å². The first-order valence-corrected chi connectivity index (χ1v) is 8.06. The molecule has 2 fully saturated rings. The lowest BCUT2D eigenvalue weighted by Gasteiger charge is -2.42. The van der Waals surface area contributed by atoms with Gasteiger partial charge in [0.25, 0.3) is 0 Å². The highest BCUT2D eigenvalue weighted by Crippen LogP contribution is 2.24. The molecule has 8 N–H and O–H groups in total. The maximum atomic E-state index is 11.1. The number of hydrogen-bond donors (Lipinski definition) is 8. The molecule has 2 rings (SSSR count). The van der Waals surface area contributed by atoms with Gasteiger partial charge in [-0.25, -0.2) is 0 Å². The van der Waals surface area contributed by atoms with Crippen molar-refractivity contribution < 1.29 is 54.8 Å². The molecule has 12 nitrogen and oxygen atoms in total. The van der Waals surface area contributed by atoms with Crippen LogP contribution in [-0.2, 0) is 19.0 Å². The normalized spacial score (nSPS) is 46.8. The predicted octanol–water partition coefficient (Wildman–Crippen LogP) is -5.25. The average molecular weight is 383 g/mol. The molecule has 0 aliphatic carbocycles. The van der Waals surface area contributed by atoms with Gasteiger partial charge in [0.15, 0.2) is 12.6 Å². The zero-order chi connectivity index (χ0) is 19.6. The summed E-state index contributed by atoms with van der Waals surface area (Å²) in [4.78, 5) is 11.1. The van der Waals surface area contributed by atoms with E-state index in [0.29, 0.717) is 0 Å². The van der Waals surface area contributed by atoms with E-state index < -0.39 is 80.5 Å². The van der Waals surface area contributed by atoms with Gasteiger partial charge in [-0.1, -0.05) is 0 Å². The summed E-state index contributed by atoms with van der Waals surface area (Å²) in [7, 11) is 0. The van der Waals surface area contributed by atoms with E-state index in [1.807, 2.05) is 0 Å². The molecule has 2 aliphatic rings. The van der Waals surface area contributed by atoms with Crippen LogP contribution >= 0.6 is 0 Å². The van der Waals surface area contributed by atoms with Crippen LogP contribution in [0.5, 0.6) is 0 Å². The Labute approximate surface area is 148 Å². The summed E-state index contributed by atoms with van der Waals surface area (Å²) < 4.78 is 15.5. The van der Waals surface area contributed by atoms with Crippen molar-refractivity contribution in [2.75, 3.05) is 13.2 Å². The molecule has 0 spiro atoms. The van der Waals surface area contributed by atoms with Crippen molar-refractivity contribution in [3.05, 3.63) is 0 Å². The predicted molar refractivity (Wildman–Crippen MR) is 80.2 cm³/mol. The van der Waals surface area contributed by atoms with Crippen molar-refractivity contribution in [3.63, 3.8) is 0 Å². The second-order valence-corrected chi connectivity index (χ2v) is 6.30. The summed E-state index contributed by atoms with van der Waals surface area (Å²) in [5.41, 5.74) is 0. The van der Waals surface area contributed by atoms with Gasteiger partial charge in [0.05, 0.1) is 13.2 Å². The van der Waals surface area contributed by atoms with Gasteiger partial charge in [-0.3, -0.25) is 4.79 Å². The number of carbonyl (C=O) groups excluding carboxylic acids is 1. The van der Waals surface area contributed by atoms with Crippen LogP contribution in [0.1, 0.15) is 6.92 Å². The number of ether oxygens (including phenoxy) is 3. The number of carbonyl (C=O) groups is 1. The molecule has 1 unspecified atom stereocenters. The minimum Gasteiger partial charge on any atom is -0.394 e. The van der Waals surface area contributed by atoms with E-state index >= 15 is 0 Å². The van der Waals surface area contributed by atoms with Crippen molar-refractivity contribution in [1.82, 2.24) is 5.32 Å². The number of rotatable bonds is 5. The molecule has 2 heterocycles. The van der Waals surface area contributed by atoms with Crippen molar-refractivity contribution in [2.24, 2.45) is 0 Å². The second kappa shape index (κ2) is 8.84. The van der Waals surface area contributed by atoms with Gasteiger partial charge in [0.2, 0.25) is 5.91 Å². The Morgan fingerprint density at radius 2 is 1.54 bits per heavy atom. The Kier molecular flexibility index (Phi) is 7.27. The van der Waals surface area contributed by atoms with Gasteiger partial charge in [-0.05, 0) is 0 Å². The van der Waals surface area contributed by atoms with E-state index in [9.17, 15) is 35.4 Å². The SMILES string of the molecule is CC(=O)N[C@H]1C(O)O[C@H](CO[C@H]2O[C@H](CO)[C@@H](O)[C@H](O)[C@H]2O)[C@@H](O)[C@@H]1O. The Morgan fingerprint density at radius 3 is 2.12 bits per heavy atom. The van der Waals surface area contributed by atoms with Crippen LogP contribution in [0.15, 0.2) is 0 Å². The minimum atomic E-state index is -1.64. The molecule has 0 saturated carbocycles. The maximum Gasteiger partial charge on any atom is 0.217 e. The van der Waals surface area contributed by atoms with Crippen molar-refractivity contribution >= 4 is 5.91 Å². The molecular formula is C14H25NO11. The standard InChI is InChI=1S/C14H25NO11/c1-4(17)15-7-10(20)9(19)6(25-13(7)23)3-24-14-12(22)11(21)8(18)5(2-16)26-14/h5-14,16,18-23H,2-3H2,1H3,(H,15,17)/t5-,6-,7-,8-,9-,10-,11+,12-,13?,14+/m1/s1. The van der Waals surface area contributed by atoms with Gasteiger partial charge >= 0.3 is 0 Å². The summed E-state index contributed by atoms with van der Waals surface area (Å²) in [6.07, 6.45) is -13.4. The summed E-state index contributed by atoms with van der Waals surface area (Å²) in [6, 6.07) is -1.24. The van der Waals surface area contributed by atoms with E-state index in [0.717, 1.165) is 0 Å². The zero-order valence-corrected chi connectivity index (χ0v) is 14.0. The highest BCUT2D eigenvalue weighted by Gasteiger charge is 2.47. The van der Waals surface area contributed by atoms with E-state index in [-0.39, 0.29) is 0 Å². The van der Waals surface area contributed by atoms with E-state index in [4.69, 9.17) is 19.3 Å². The lowest BCUT2D eigenvalue weighted by molar-refractivity contribution is -0.318. The van der Waals surface area contributed by atoms with Crippen molar-refractivity contribution in [1.29, 1.82) is 0 Å². The van der Waals surface area contributed by atoms with E-state index in [1.54, 1.807) is 0 Å². The molecule has 10 atom stereocenters. The quantitative estimate of drug-likeness (QED) is 0.226. The first kappa shape index (κ1) is 21.4. The minimum absolute atomic E-state index is 0.467. The summed E-state index contributed by atoms with van der Waals surface area (Å²) in [6.45, 7) is 0.0636. The first-order chi connectivity index (χ1) is 12.2. The molecule has 0 bridgehead atoms. The van der Waals surface area contributed by atoms with Crippen molar-refractivity contribution in [3.8, 4) is 0 Å². The number of aliphatic hydroxyl groups excluding tert-OH is 7. The molecule has 0 aromatic heterocycles. The highest BCUT2D eigenvalue weighted by atomic mass is 16.7. The van der Waals surface area contributed by atoms with Crippen molar-refractivity contribution in [2.45, 2.75) is 68.3 Å². The van der Waals surface area contributed by atoms with Gasteiger partial charge in [-0.15, -0.1) is 0 Å². The average Bonchev–Trinajstić information content (AvgIpc) is 2.59. The number of nitrogens with one attached hydrogen (secondary N) is 1. The fourth-order valence-electron chi connectivity index (χ4n) is 2.87. The lowest BCUT2D eigenvalue weighted by atomic mass is 9.97. The highest BCUT2D eigenvalue weighted by molar-refractivity contribution is 5.73. The second-order valence-electron chi connectivity index (χ2n) is 6.30. The summed E-state index contributed by atoms with van der Waals surface area (Å²) in [5.74, 6) is -0.542. The first-order valence-electron chi connectivity index (χ1n) is 8.06. The molecule has 152 valence electrons. The Balaban J connectivity index is 1.95. The van der Waals surface area contributed by atoms with Crippen LogP contribution < -0.4 is 5.32 Å². The Bertz CT molecular complexity index is 478. The van der Waals surface area contributed by atoms with Crippen LogP contribution in [0.25, 0.3) is 0 Å². The largest absolute Gasteiger partial charge is 0.394 e. The van der Waals surface area contributed by atoms with Gasteiger partial charge in [0, 0.05) is 6.92 Å². The van der Waals surface area contributed by atoms with E-state index in [2.05, 4.69) is 5.32 Å². The molecule has 0 aromatic carbocycles. The van der Waals surface area contributed by atoms with Crippen LogP contribution in [0.3, 0.4) is 0 Å². The van der Waals surface area contributed by atoms with Crippen LogP contribution in [-0.4, -0.2) is 116 Å². The number of aliphatic hydroxyl groups is 7. The van der Waals surface area contributed by atoms with Crippen LogP contribution in [0, 0.1) is 0 Å². The topological polar surface area (TPSA) is 198 Å². The molecule has 2 aliphatic heterocycles. The molecule has 12 heteroatoms. The van der Waals surface area contributed by atoms with Crippen LogP contribution in [0.2, 0.25) is 0 Å². The van der Waals surface area contributed by atoms with Gasteiger partial charge in [-0.2, -0.15) is 0 Å². The Morgan fingerprint density at radius 1 is 0.923 bits per heavy atom. The third-order valence-electron chi connectivity index (χ3n) is 4.36. The smallest absolute Gasteiger partial charge is 0.217 e. The third-order valence-corrected chi connectivity index (χ3v) is 4.36. The Hall–Kier alpha value is -0.930. The zero-order valence-electron chi connectivity index (χ0n) is 14.0. The number of hydrogen-bond acceptors (Lipinski definition) is 11. The van der Waals surface area contributed by atoms with Crippen LogP contribution in [0.4, 0.5) is 0 Å². The molecule has 0 radical (unpaired) electrons.